The van der Waals surface area contributed by atoms with Gasteiger partial charge in [0.2, 0.25) is 0 Å². The van der Waals surface area contributed by atoms with Crippen molar-refractivity contribution in [1.29, 1.82) is 0 Å². The number of hydrogen-bond donors (Lipinski definition) is 0. The van der Waals surface area contributed by atoms with E-state index in [0.717, 1.165) is 47.6 Å². The van der Waals surface area contributed by atoms with Gasteiger partial charge in [-0.25, -0.2) is 15.0 Å². The van der Waals surface area contributed by atoms with Crippen molar-refractivity contribution < 1.29 is 9.47 Å². The maximum Gasteiger partial charge on any atom is 0.165 e. The number of nitrogens with zero attached hydrogens (tertiary/aromatic N) is 4. The Morgan fingerprint density at radius 3 is 2.74 bits per heavy atom. The Morgan fingerprint density at radius 1 is 1.13 bits per heavy atom. The van der Waals surface area contributed by atoms with Crippen LogP contribution in [-0.4, -0.2) is 33.2 Å². The minimum absolute atomic E-state index is 0.0207. The molecule has 6 nitrogen and oxygen atoms in total. The second-order valence-corrected chi connectivity index (χ2v) is 5.60. The standard InChI is InChI=1S/C17H18N4O2/c1-22-13-7-5-12(6-8-13)15-16-17(19-10-18-15)21(11-20-16)14-4-2-3-9-23-14/h5-8,10-11,14H,2-4,9H2,1H3. The van der Waals surface area contributed by atoms with Crippen molar-refractivity contribution in [3.63, 3.8) is 0 Å². The van der Waals surface area contributed by atoms with Crippen molar-refractivity contribution in [3.05, 3.63) is 36.9 Å². The van der Waals surface area contributed by atoms with E-state index in [1.54, 1.807) is 13.4 Å². The molecule has 4 rings (SSSR count). The van der Waals surface area contributed by atoms with Gasteiger partial charge < -0.3 is 9.47 Å². The van der Waals surface area contributed by atoms with E-state index in [-0.39, 0.29) is 6.23 Å². The van der Waals surface area contributed by atoms with E-state index in [2.05, 4.69) is 15.0 Å². The zero-order valence-electron chi connectivity index (χ0n) is 13.0. The van der Waals surface area contributed by atoms with Crippen molar-refractivity contribution in [2.24, 2.45) is 0 Å². The van der Waals surface area contributed by atoms with Crippen molar-refractivity contribution in [2.75, 3.05) is 13.7 Å². The molecule has 0 saturated carbocycles. The predicted octanol–water partition coefficient (Wildman–Crippen LogP) is 3.20. The van der Waals surface area contributed by atoms with Gasteiger partial charge in [0.15, 0.2) is 5.65 Å². The zero-order chi connectivity index (χ0) is 15.6. The lowest BCUT2D eigenvalue weighted by molar-refractivity contribution is -0.0298. The number of fused-ring (bicyclic) bond motifs is 1. The van der Waals surface area contributed by atoms with Crippen LogP contribution in [0.5, 0.6) is 5.75 Å². The average Bonchev–Trinajstić information content (AvgIpc) is 3.07. The van der Waals surface area contributed by atoms with Crippen LogP contribution in [0.3, 0.4) is 0 Å². The Balaban J connectivity index is 1.77. The Kier molecular flexibility index (Phi) is 3.67. The van der Waals surface area contributed by atoms with E-state index in [1.165, 1.54) is 6.42 Å². The van der Waals surface area contributed by atoms with Crippen LogP contribution in [0, 0.1) is 0 Å². The molecular formula is C17H18N4O2. The molecule has 1 aromatic carbocycles. The fourth-order valence-electron chi connectivity index (χ4n) is 2.97. The highest BCUT2D eigenvalue weighted by Crippen LogP contribution is 2.29. The van der Waals surface area contributed by atoms with Crippen LogP contribution in [0.15, 0.2) is 36.9 Å². The summed E-state index contributed by atoms with van der Waals surface area (Å²) in [4.78, 5) is 13.4. The first-order valence-electron chi connectivity index (χ1n) is 7.80. The molecule has 0 spiro atoms. The van der Waals surface area contributed by atoms with Gasteiger partial charge in [-0.1, -0.05) is 0 Å². The van der Waals surface area contributed by atoms with Crippen LogP contribution < -0.4 is 4.74 Å². The first kappa shape index (κ1) is 14.1. The number of ether oxygens (including phenoxy) is 2. The molecule has 1 aliphatic heterocycles. The quantitative estimate of drug-likeness (QED) is 0.743. The number of hydrogen-bond acceptors (Lipinski definition) is 5. The largest absolute Gasteiger partial charge is 0.497 e. The summed E-state index contributed by atoms with van der Waals surface area (Å²) in [7, 11) is 1.66. The number of aromatic nitrogens is 4. The van der Waals surface area contributed by atoms with Gasteiger partial charge in [-0.3, -0.25) is 4.57 Å². The molecule has 3 heterocycles. The Morgan fingerprint density at radius 2 is 2.00 bits per heavy atom. The van der Waals surface area contributed by atoms with Gasteiger partial charge in [0.25, 0.3) is 0 Å². The lowest BCUT2D eigenvalue weighted by Gasteiger charge is -2.23. The molecule has 118 valence electrons. The third-order valence-electron chi connectivity index (χ3n) is 4.19. The summed E-state index contributed by atoms with van der Waals surface area (Å²) in [6.07, 6.45) is 6.70. The van der Waals surface area contributed by atoms with Crippen LogP contribution in [0.2, 0.25) is 0 Å². The van der Waals surface area contributed by atoms with E-state index >= 15 is 0 Å². The summed E-state index contributed by atoms with van der Waals surface area (Å²) < 4.78 is 13.1. The molecule has 1 unspecified atom stereocenters. The smallest absolute Gasteiger partial charge is 0.165 e. The number of benzene rings is 1. The highest BCUT2D eigenvalue weighted by Gasteiger charge is 2.20. The fraction of sp³-hybridized carbons (Fsp3) is 0.353. The van der Waals surface area contributed by atoms with Gasteiger partial charge in [-0.05, 0) is 43.5 Å². The maximum atomic E-state index is 5.85. The molecule has 1 atom stereocenters. The molecule has 1 saturated heterocycles. The van der Waals surface area contributed by atoms with Gasteiger partial charge in [-0.15, -0.1) is 0 Å². The Bertz CT molecular complexity index is 807. The molecule has 0 N–H and O–H groups in total. The highest BCUT2D eigenvalue weighted by atomic mass is 16.5. The lowest BCUT2D eigenvalue weighted by atomic mass is 10.1. The molecule has 6 heteroatoms. The molecule has 23 heavy (non-hydrogen) atoms. The average molecular weight is 310 g/mol. The highest BCUT2D eigenvalue weighted by molar-refractivity contribution is 5.87. The van der Waals surface area contributed by atoms with E-state index in [1.807, 2.05) is 35.2 Å². The van der Waals surface area contributed by atoms with Crippen molar-refractivity contribution in [2.45, 2.75) is 25.5 Å². The maximum absolute atomic E-state index is 5.85. The molecule has 0 radical (unpaired) electrons. The fourth-order valence-corrected chi connectivity index (χ4v) is 2.97. The summed E-state index contributed by atoms with van der Waals surface area (Å²) >= 11 is 0. The van der Waals surface area contributed by atoms with E-state index in [0.29, 0.717) is 0 Å². The van der Waals surface area contributed by atoms with Crippen LogP contribution in [0.1, 0.15) is 25.5 Å². The Hall–Kier alpha value is -2.47. The normalized spacial score (nSPS) is 18.2. The minimum atomic E-state index is 0.0207. The van der Waals surface area contributed by atoms with Gasteiger partial charge in [0, 0.05) is 12.2 Å². The second kappa shape index (κ2) is 5.96. The minimum Gasteiger partial charge on any atom is -0.497 e. The topological polar surface area (TPSA) is 62.1 Å². The van der Waals surface area contributed by atoms with E-state index in [4.69, 9.17) is 9.47 Å². The zero-order valence-corrected chi connectivity index (χ0v) is 13.0. The summed E-state index contributed by atoms with van der Waals surface area (Å²) in [6.45, 7) is 0.792. The molecule has 3 aromatic rings. The number of rotatable bonds is 3. The number of methoxy groups -OCH3 is 1. The number of imidazole rings is 1. The van der Waals surface area contributed by atoms with Crippen molar-refractivity contribution in [1.82, 2.24) is 19.5 Å². The predicted molar refractivity (Wildman–Crippen MR) is 86.2 cm³/mol. The van der Waals surface area contributed by atoms with Gasteiger partial charge in [0.1, 0.15) is 29.5 Å². The molecule has 0 aliphatic carbocycles. The summed E-state index contributed by atoms with van der Waals surface area (Å²) in [5.41, 5.74) is 3.43. The molecule has 1 fully saturated rings. The van der Waals surface area contributed by atoms with Gasteiger partial charge in [0.05, 0.1) is 13.4 Å². The first-order chi connectivity index (χ1) is 11.4. The molecule has 0 bridgehead atoms. The third-order valence-corrected chi connectivity index (χ3v) is 4.19. The summed E-state index contributed by atoms with van der Waals surface area (Å²) in [5, 5.41) is 0. The second-order valence-electron chi connectivity index (χ2n) is 5.60. The van der Waals surface area contributed by atoms with Crippen molar-refractivity contribution >= 4 is 11.2 Å². The van der Waals surface area contributed by atoms with Crippen LogP contribution in [0.25, 0.3) is 22.4 Å². The summed E-state index contributed by atoms with van der Waals surface area (Å²) in [5.74, 6) is 0.820. The molecule has 2 aromatic heterocycles. The van der Waals surface area contributed by atoms with Crippen molar-refractivity contribution in [3.8, 4) is 17.0 Å². The van der Waals surface area contributed by atoms with Crippen LogP contribution in [0.4, 0.5) is 0 Å². The van der Waals surface area contributed by atoms with Gasteiger partial charge >= 0.3 is 0 Å². The van der Waals surface area contributed by atoms with E-state index in [9.17, 15) is 0 Å². The monoisotopic (exact) mass is 310 g/mol. The third kappa shape index (κ3) is 2.55. The molecule has 0 amide bonds. The lowest BCUT2D eigenvalue weighted by Crippen LogP contribution is -2.17. The Labute approximate surface area is 134 Å². The van der Waals surface area contributed by atoms with Crippen LogP contribution in [-0.2, 0) is 4.74 Å². The SMILES string of the molecule is COc1ccc(-c2ncnc3c2ncn3C2CCCCO2)cc1. The molecular weight excluding hydrogens is 292 g/mol. The van der Waals surface area contributed by atoms with Crippen LogP contribution >= 0.6 is 0 Å². The summed E-state index contributed by atoms with van der Waals surface area (Å²) in [6, 6.07) is 7.81. The van der Waals surface area contributed by atoms with E-state index < -0.39 is 0 Å². The van der Waals surface area contributed by atoms with Gasteiger partial charge in [-0.2, -0.15) is 0 Å². The molecule has 1 aliphatic rings. The first-order valence-corrected chi connectivity index (χ1v) is 7.80.